The maximum atomic E-state index is 13.2. The molecule has 82 valence electrons. The Labute approximate surface area is 82.1 Å². The van der Waals surface area contributed by atoms with Crippen molar-refractivity contribution in [2.45, 2.75) is 13.1 Å². The predicted octanol–water partition coefficient (Wildman–Crippen LogP) is 2.75. The Bertz CT molecular complexity index is 409. The topological polar surface area (TPSA) is 37.3 Å². The van der Waals surface area contributed by atoms with E-state index in [1.165, 1.54) is 0 Å². The van der Waals surface area contributed by atoms with Gasteiger partial charge in [0.05, 0.1) is 5.56 Å². The predicted molar refractivity (Wildman–Crippen MR) is 43.1 cm³/mol. The van der Waals surface area contributed by atoms with E-state index in [0.717, 1.165) is 13.0 Å². The fourth-order valence-electron chi connectivity index (χ4n) is 1.11. The Kier molecular flexibility index (Phi) is 2.70. The third kappa shape index (κ3) is 2.08. The van der Waals surface area contributed by atoms with Gasteiger partial charge in [-0.2, -0.15) is 13.2 Å². The van der Waals surface area contributed by atoms with Crippen LogP contribution in [0.2, 0.25) is 0 Å². The molecule has 1 rings (SSSR count). The van der Waals surface area contributed by atoms with Crippen molar-refractivity contribution < 1.29 is 27.5 Å². The highest BCUT2D eigenvalue weighted by Crippen LogP contribution is 2.38. The molecule has 1 N–H and O–H groups in total. The van der Waals surface area contributed by atoms with Crippen LogP contribution >= 0.6 is 0 Å². The molecule has 0 aromatic heterocycles. The van der Waals surface area contributed by atoms with Crippen molar-refractivity contribution in [1.29, 1.82) is 0 Å². The van der Waals surface area contributed by atoms with Gasteiger partial charge in [0.15, 0.2) is 5.78 Å². The number of phenolic OH excluding ortho intramolecular Hbond substituents is 1. The molecule has 0 fully saturated rings. The lowest BCUT2D eigenvalue weighted by Crippen LogP contribution is -2.11. The van der Waals surface area contributed by atoms with Gasteiger partial charge in [-0.1, -0.05) is 0 Å². The summed E-state index contributed by atoms with van der Waals surface area (Å²) in [5.41, 5.74) is -2.50. The highest BCUT2D eigenvalue weighted by atomic mass is 19.4. The molecule has 0 spiro atoms. The molecule has 1 aromatic carbocycles. The second-order valence-corrected chi connectivity index (χ2v) is 2.88. The Morgan fingerprint density at radius 1 is 1.33 bits per heavy atom. The van der Waals surface area contributed by atoms with E-state index in [1.54, 1.807) is 0 Å². The minimum Gasteiger partial charge on any atom is -0.507 e. The monoisotopic (exact) mass is 222 g/mol. The fraction of sp³-hybridized carbons (Fsp3) is 0.222. The van der Waals surface area contributed by atoms with Crippen LogP contribution in [0.25, 0.3) is 0 Å². The van der Waals surface area contributed by atoms with Gasteiger partial charge < -0.3 is 5.11 Å². The van der Waals surface area contributed by atoms with Gasteiger partial charge >= 0.3 is 6.18 Å². The largest absolute Gasteiger partial charge is 0.507 e. The zero-order valence-electron chi connectivity index (χ0n) is 7.52. The molecule has 6 heteroatoms. The molecule has 0 saturated heterocycles. The smallest absolute Gasteiger partial charge is 0.422 e. The number of ketones is 1. The van der Waals surface area contributed by atoms with Crippen LogP contribution in [0.5, 0.6) is 5.75 Å². The van der Waals surface area contributed by atoms with Gasteiger partial charge in [-0.15, -0.1) is 0 Å². The summed E-state index contributed by atoms with van der Waals surface area (Å²) in [7, 11) is 0. The molecule has 0 aliphatic heterocycles. The Hall–Kier alpha value is -1.59. The Balaban J connectivity index is 3.51. The summed E-state index contributed by atoms with van der Waals surface area (Å²) >= 11 is 0. The zero-order valence-corrected chi connectivity index (χ0v) is 7.52. The number of aromatic hydroxyl groups is 1. The van der Waals surface area contributed by atoms with Crippen molar-refractivity contribution in [2.24, 2.45) is 0 Å². The minimum absolute atomic E-state index is 0.642. The van der Waals surface area contributed by atoms with Crippen LogP contribution in [0.3, 0.4) is 0 Å². The molecule has 0 bridgehead atoms. The summed E-state index contributed by atoms with van der Waals surface area (Å²) in [6.45, 7) is 0.940. The lowest BCUT2D eigenvalue weighted by molar-refractivity contribution is -0.141. The molecule has 0 unspecified atom stereocenters. The Morgan fingerprint density at radius 2 is 1.87 bits per heavy atom. The SMILES string of the molecule is CC(=O)c1ccc(O)c(C(F)(F)F)c1F. The molecule has 1 aromatic rings. The van der Waals surface area contributed by atoms with E-state index in [2.05, 4.69) is 0 Å². The molecular formula is C9H6F4O2. The van der Waals surface area contributed by atoms with Crippen molar-refractivity contribution in [3.63, 3.8) is 0 Å². The summed E-state index contributed by atoms with van der Waals surface area (Å²) < 4.78 is 49.9. The highest BCUT2D eigenvalue weighted by molar-refractivity contribution is 5.94. The molecule has 2 nitrogen and oxygen atoms in total. The summed E-state index contributed by atoms with van der Waals surface area (Å²) in [6, 6.07) is 1.45. The number of Topliss-reactive ketones (excluding diaryl/α,β-unsaturated/α-hetero) is 1. The van der Waals surface area contributed by atoms with Gasteiger partial charge in [0.1, 0.15) is 17.1 Å². The molecular weight excluding hydrogens is 216 g/mol. The first kappa shape index (κ1) is 11.5. The second kappa shape index (κ2) is 3.52. The van der Waals surface area contributed by atoms with Crippen LogP contribution in [-0.4, -0.2) is 10.9 Å². The number of rotatable bonds is 1. The molecule has 0 aliphatic rings. The number of hydrogen-bond donors (Lipinski definition) is 1. The van der Waals surface area contributed by atoms with Gasteiger partial charge in [0.25, 0.3) is 0 Å². The minimum atomic E-state index is -5.03. The first-order valence-electron chi connectivity index (χ1n) is 3.84. The number of carbonyl (C=O) groups is 1. The maximum Gasteiger partial charge on any atom is 0.422 e. The summed E-state index contributed by atoms with van der Waals surface area (Å²) in [4.78, 5) is 10.8. The van der Waals surface area contributed by atoms with Gasteiger partial charge in [0.2, 0.25) is 0 Å². The number of carbonyl (C=O) groups excluding carboxylic acids is 1. The van der Waals surface area contributed by atoms with Crippen molar-refractivity contribution in [2.75, 3.05) is 0 Å². The number of alkyl halides is 3. The van der Waals surface area contributed by atoms with E-state index < -0.39 is 34.7 Å². The third-order valence-corrected chi connectivity index (χ3v) is 1.78. The molecule has 0 amide bonds. The molecule has 0 aliphatic carbocycles. The normalized spacial score (nSPS) is 11.5. The average Bonchev–Trinajstić information content (AvgIpc) is 2.00. The van der Waals surface area contributed by atoms with Gasteiger partial charge in [-0.25, -0.2) is 4.39 Å². The molecule has 0 saturated carbocycles. The van der Waals surface area contributed by atoms with Crippen molar-refractivity contribution in [3.8, 4) is 5.75 Å². The number of phenols is 1. The van der Waals surface area contributed by atoms with E-state index in [-0.39, 0.29) is 0 Å². The number of benzene rings is 1. The molecule has 0 atom stereocenters. The first-order chi connectivity index (χ1) is 6.75. The van der Waals surface area contributed by atoms with Gasteiger partial charge in [-0.3, -0.25) is 4.79 Å². The second-order valence-electron chi connectivity index (χ2n) is 2.88. The first-order valence-corrected chi connectivity index (χ1v) is 3.84. The van der Waals surface area contributed by atoms with Crippen LogP contribution in [0.4, 0.5) is 17.6 Å². The van der Waals surface area contributed by atoms with Gasteiger partial charge in [-0.05, 0) is 19.1 Å². The van der Waals surface area contributed by atoms with E-state index >= 15 is 0 Å². The van der Waals surface area contributed by atoms with E-state index in [9.17, 15) is 22.4 Å². The molecule has 0 heterocycles. The van der Waals surface area contributed by atoms with E-state index in [0.29, 0.717) is 6.07 Å². The van der Waals surface area contributed by atoms with Crippen molar-refractivity contribution in [3.05, 3.63) is 29.1 Å². The van der Waals surface area contributed by atoms with E-state index in [4.69, 9.17) is 5.11 Å². The third-order valence-electron chi connectivity index (χ3n) is 1.78. The number of halogens is 4. The highest BCUT2D eigenvalue weighted by Gasteiger charge is 2.38. The van der Waals surface area contributed by atoms with Crippen LogP contribution < -0.4 is 0 Å². The quantitative estimate of drug-likeness (QED) is 0.586. The Morgan fingerprint density at radius 3 is 2.27 bits per heavy atom. The van der Waals surface area contributed by atoms with Crippen LogP contribution in [0.1, 0.15) is 22.8 Å². The van der Waals surface area contributed by atoms with Crippen molar-refractivity contribution in [1.82, 2.24) is 0 Å². The van der Waals surface area contributed by atoms with Crippen LogP contribution in [0, 0.1) is 5.82 Å². The van der Waals surface area contributed by atoms with Gasteiger partial charge in [0, 0.05) is 0 Å². The zero-order chi connectivity index (χ0) is 11.8. The standard InChI is InChI=1S/C9H6F4O2/c1-4(14)5-2-3-6(15)7(8(5)10)9(11,12)13/h2-3,15H,1H3. The molecule has 0 radical (unpaired) electrons. The lowest BCUT2D eigenvalue weighted by Gasteiger charge is -2.11. The summed E-state index contributed by atoms with van der Waals surface area (Å²) in [5, 5.41) is 8.86. The van der Waals surface area contributed by atoms with Crippen LogP contribution in [-0.2, 0) is 6.18 Å². The summed E-state index contributed by atoms with van der Waals surface area (Å²) in [5.74, 6) is -3.81. The maximum absolute atomic E-state index is 13.2. The summed E-state index contributed by atoms with van der Waals surface area (Å²) in [6.07, 6.45) is -5.03. The van der Waals surface area contributed by atoms with Crippen LogP contribution in [0.15, 0.2) is 12.1 Å². The number of hydrogen-bond acceptors (Lipinski definition) is 2. The van der Waals surface area contributed by atoms with Crippen molar-refractivity contribution >= 4 is 5.78 Å². The lowest BCUT2D eigenvalue weighted by atomic mass is 10.1. The average molecular weight is 222 g/mol. The van der Waals surface area contributed by atoms with E-state index in [1.807, 2.05) is 0 Å². The fourth-order valence-corrected chi connectivity index (χ4v) is 1.11. The molecule has 15 heavy (non-hydrogen) atoms.